The molecule has 0 bridgehead atoms. The number of hydrogen-bond donors (Lipinski definition) is 6. The molecule has 6 rings (SSSR count). The van der Waals surface area contributed by atoms with Crippen LogP contribution in [0.25, 0.3) is 21.7 Å². The number of carbonyl (C=O) groups excluding carboxylic acids is 4. The highest BCUT2D eigenvalue weighted by Crippen LogP contribution is 2.27. The molecule has 5 aromatic rings. The molecule has 11 nitrogen and oxygen atoms in total. The van der Waals surface area contributed by atoms with E-state index in [0.29, 0.717) is 24.9 Å². The monoisotopic (exact) mass is 672 g/mol. The maximum atomic E-state index is 14.2. The molecule has 1 aliphatic heterocycles. The number of nitrogens with zero attached hydrogens (tertiary/aromatic N) is 1. The van der Waals surface area contributed by atoms with Crippen molar-refractivity contribution in [2.45, 2.75) is 49.9 Å². The Labute approximate surface area is 289 Å². The minimum absolute atomic E-state index is 0.0130. The van der Waals surface area contributed by atoms with E-state index < -0.39 is 41.9 Å². The lowest BCUT2D eigenvalue weighted by molar-refractivity contribution is -0.140. The third-order valence-corrected chi connectivity index (χ3v) is 9.34. The first kappa shape index (κ1) is 33.9. The smallest absolute Gasteiger partial charge is 0.246 e. The molecule has 0 unspecified atom stereocenters. The van der Waals surface area contributed by atoms with Crippen molar-refractivity contribution in [3.05, 3.63) is 126 Å². The number of primary amides is 1. The third kappa shape index (κ3) is 7.37. The maximum absolute atomic E-state index is 14.2. The number of aromatic nitrogens is 1. The molecule has 0 radical (unpaired) electrons. The van der Waals surface area contributed by atoms with E-state index in [1.54, 1.807) is 24.4 Å². The molecule has 0 saturated carbocycles. The van der Waals surface area contributed by atoms with Gasteiger partial charge in [0.05, 0.1) is 12.1 Å². The number of aromatic hydroxyl groups is 1. The minimum atomic E-state index is -1.09. The van der Waals surface area contributed by atoms with Crippen molar-refractivity contribution < 1.29 is 24.3 Å². The number of carbonyl (C=O) groups is 4. The van der Waals surface area contributed by atoms with E-state index in [-0.39, 0.29) is 30.1 Å². The van der Waals surface area contributed by atoms with Crippen LogP contribution in [0.4, 0.5) is 0 Å². The Bertz CT molecular complexity index is 2070. The van der Waals surface area contributed by atoms with E-state index in [9.17, 15) is 24.3 Å². The number of fused-ring (bicyclic) bond motifs is 2. The van der Waals surface area contributed by atoms with Crippen LogP contribution in [0.1, 0.15) is 35.6 Å². The third-order valence-electron chi connectivity index (χ3n) is 9.34. The molecule has 1 fully saturated rings. The van der Waals surface area contributed by atoms with E-state index >= 15 is 0 Å². The molecule has 4 amide bonds. The number of likely N-dealkylation sites (tertiary alicyclic amines) is 1. The van der Waals surface area contributed by atoms with E-state index in [1.807, 2.05) is 60.7 Å². The van der Waals surface area contributed by atoms with Crippen LogP contribution in [0, 0.1) is 0 Å². The Morgan fingerprint density at radius 2 is 1.64 bits per heavy atom. The number of phenolic OH excluding ortho intramolecular Hbond substituents is 1. The van der Waals surface area contributed by atoms with Gasteiger partial charge in [-0.1, -0.05) is 73.3 Å². The van der Waals surface area contributed by atoms with Crippen LogP contribution in [0.3, 0.4) is 0 Å². The van der Waals surface area contributed by atoms with Gasteiger partial charge in [-0.2, -0.15) is 0 Å². The molecule has 0 spiro atoms. The van der Waals surface area contributed by atoms with E-state index in [1.165, 1.54) is 17.0 Å². The zero-order valence-corrected chi connectivity index (χ0v) is 27.5. The van der Waals surface area contributed by atoms with Crippen LogP contribution in [-0.2, 0) is 32.0 Å². The van der Waals surface area contributed by atoms with Crippen molar-refractivity contribution in [1.82, 2.24) is 20.5 Å². The molecule has 4 atom stereocenters. The summed E-state index contributed by atoms with van der Waals surface area (Å²) in [6.45, 7) is 4.24. The average molecular weight is 673 g/mol. The van der Waals surface area contributed by atoms with Crippen LogP contribution in [0.15, 0.2) is 109 Å². The number of para-hydroxylation sites is 1. The molecule has 2 heterocycles. The van der Waals surface area contributed by atoms with Gasteiger partial charge in [0.2, 0.25) is 23.6 Å². The highest BCUT2D eigenvalue weighted by atomic mass is 16.3. The summed E-state index contributed by atoms with van der Waals surface area (Å²) in [6, 6.07) is 23.6. The highest BCUT2D eigenvalue weighted by molar-refractivity contribution is 5.97. The number of nitrogens with one attached hydrogen (secondary N) is 3. The van der Waals surface area contributed by atoms with Gasteiger partial charge in [0, 0.05) is 35.6 Å². The van der Waals surface area contributed by atoms with E-state index in [4.69, 9.17) is 11.5 Å². The second kappa shape index (κ2) is 14.7. The number of aromatic amines is 1. The molecular formula is C39H40N6O5. The summed E-state index contributed by atoms with van der Waals surface area (Å²) in [7, 11) is 0. The summed E-state index contributed by atoms with van der Waals surface area (Å²) in [5.41, 5.74) is 15.0. The first-order chi connectivity index (χ1) is 24.1. The Morgan fingerprint density at radius 1 is 0.920 bits per heavy atom. The largest absolute Gasteiger partial charge is 0.508 e. The predicted octanol–water partition coefficient (Wildman–Crippen LogP) is 3.51. The average Bonchev–Trinajstić information content (AvgIpc) is 3.78. The van der Waals surface area contributed by atoms with Gasteiger partial charge in [-0.05, 0) is 71.0 Å². The molecule has 4 aromatic carbocycles. The SMILES string of the molecule is C=C(C(N)=O)[C@@H](NC(=O)[C@H](Cc1c[nH]c2ccccc12)NC(=O)[C@@H]1CCCN1C(=O)[C@@H](N)Cc1ccc(O)cc1)c1ccc2ccccc2c1. The quantitative estimate of drug-likeness (QED) is 0.110. The van der Waals surface area contributed by atoms with Crippen molar-refractivity contribution in [3.63, 3.8) is 0 Å². The Hall–Kier alpha value is -5.94. The first-order valence-electron chi connectivity index (χ1n) is 16.6. The molecule has 50 heavy (non-hydrogen) atoms. The standard InChI is InChI=1S/C39H40N6O5/c1-23(36(41)47)35(27-15-14-25-7-2-3-8-26(25)20-27)44-37(48)33(21-28-22-42-32-10-5-4-9-30(28)32)43-38(49)34-11-6-18-45(34)39(50)31(40)19-24-12-16-29(46)17-13-24/h2-5,7-10,12-17,20,22,31,33-35,42,46H,1,6,11,18-19,21,40H2,(H2,41,47)(H,43,49)(H,44,48)/t31-,33-,34-,35+/m0/s1. The van der Waals surface area contributed by atoms with E-state index in [2.05, 4.69) is 22.2 Å². The van der Waals surface area contributed by atoms with Crippen LogP contribution >= 0.6 is 0 Å². The summed E-state index contributed by atoms with van der Waals surface area (Å²) >= 11 is 0. The van der Waals surface area contributed by atoms with Gasteiger partial charge in [-0.3, -0.25) is 19.2 Å². The normalized spacial score (nSPS) is 16.1. The fourth-order valence-electron chi connectivity index (χ4n) is 6.63. The van der Waals surface area contributed by atoms with Crippen molar-refractivity contribution in [2.24, 2.45) is 11.5 Å². The van der Waals surface area contributed by atoms with Gasteiger partial charge >= 0.3 is 0 Å². The Morgan fingerprint density at radius 3 is 2.40 bits per heavy atom. The second-order valence-corrected chi connectivity index (χ2v) is 12.7. The lowest BCUT2D eigenvalue weighted by Crippen LogP contribution is -2.56. The molecule has 256 valence electrons. The lowest BCUT2D eigenvalue weighted by atomic mass is 9.95. The summed E-state index contributed by atoms with van der Waals surface area (Å²) in [5.74, 6) is -2.07. The number of phenols is 1. The number of rotatable bonds is 12. The fourth-order valence-corrected chi connectivity index (χ4v) is 6.63. The summed E-state index contributed by atoms with van der Waals surface area (Å²) in [4.78, 5) is 58.8. The van der Waals surface area contributed by atoms with Gasteiger partial charge in [0.15, 0.2) is 0 Å². The number of benzene rings is 4. The van der Waals surface area contributed by atoms with Crippen molar-refractivity contribution in [2.75, 3.05) is 6.54 Å². The molecular weight excluding hydrogens is 632 g/mol. The van der Waals surface area contributed by atoms with Gasteiger partial charge in [0.25, 0.3) is 0 Å². The van der Waals surface area contributed by atoms with Crippen LogP contribution in [0.5, 0.6) is 5.75 Å². The van der Waals surface area contributed by atoms with Crippen molar-refractivity contribution in [3.8, 4) is 5.75 Å². The number of hydrogen-bond acceptors (Lipinski definition) is 6. The molecule has 11 heteroatoms. The molecule has 1 saturated heterocycles. The maximum Gasteiger partial charge on any atom is 0.246 e. The molecule has 0 aliphatic carbocycles. The molecule has 1 aromatic heterocycles. The van der Waals surface area contributed by atoms with Crippen LogP contribution < -0.4 is 22.1 Å². The zero-order chi connectivity index (χ0) is 35.4. The predicted molar refractivity (Wildman–Crippen MR) is 192 cm³/mol. The van der Waals surface area contributed by atoms with Gasteiger partial charge in [0.1, 0.15) is 17.8 Å². The topological polar surface area (TPSA) is 184 Å². The molecule has 8 N–H and O–H groups in total. The van der Waals surface area contributed by atoms with Crippen molar-refractivity contribution >= 4 is 45.3 Å². The van der Waals surface area contributed by atoms with Crippen LogP contribution in [0.2, 0.25) is 0 Å². The molecule has 1 aliphatic rings. The first-order valence-corrected chi connectivity index (χ1v) is 16.6. The summed E-state index contributed by atoms with van der Waals surface area (Å²) < 4.78 is 0. The van der Waals surface area contributed by atoms with Crippen LogP contribution in [-0.4, -0.2) is 63.3 Å². The Balaban J connectivity index is 1.25. The number of amides is 4. The summed E-state index contributed by atoms with van der Waals surface area (Å²) in [6.07, 6.45) is 3.15. The Kier molecular flexibility index (Phi) is 9.96. The highest BCUT2D eigenvalue weighted by Gasteiger charge is 2.38. The van der Waals surface area contributed by atoms with Crippen molar-refractivity contribution in [1.29, 1.82) is 0 Å². The fraction of sp³-hybridized carbons (Fsp3) is 0.231. The second-order valence-electron chi connectivity index (χ2n) is 12.7. The minimum Gasteiger partial charge on any atom is -0.508 e. The van der Waals surface area contributed by atoms with Gasteiger partial charge in [-0.25, -0.2) is 0 Å². The van der Waals surface area contributed by atoms with E-state index in [0.717, 1.165) is 32.8 Å². The summed E-state index contributed by atoms with van der Waals surface area (Å²) in [5, 5.41) is 18.2. The number of nitrogens with two attached hydrogens (primary N) is 2. The zero-order valence-electron chi connectivity index (χ0n) is 27.5. The van der Waals surface area contributed by atoms with Gasteiger partial charge < -0.3 is 37.1 Å². The van der Waals surface area contributed by atoms with Gasteiger partial charge in [-0.15, -0.1) is 0 Å². The number of H-pyrrole nitrogens is 1. The lowest BCUT2D eigenvalue weighted by Gasteiger charge is -2.29.